The third-order valence-electron chi connectivity index (χ3n) is 8.58. The van der Waals surface area contributed by atoms with Gasteiger partial charge in [0.2, 0.25) is 0 Å². The van der Waals surface area contributed by atoms with Crippen molar-refractivity contribution < 1.29 is 17.6 Å². The minimum Gasteiger partial charge on any atom is -0.212 e. The first kappa shape index (κ1) is 26.9. The predicted octanol–water partition coefficient (Wildman–Crippen LogP) is 10.9. The summed E-state index contributed by atoms with van der Waals surface area (Å²) in [6, 6.07) is 17.6. The molecule has 2 aliphatic rings. The Morgan fingerprint density at radius 1 is 0.722 bits per heavy atom. The van der Waals surface area contributed by atoms with Crippen LogP contribution in [0.1, 0.15) is 107 Å². The molecule has 0 saturated heterocycles. The van der Waals surface area contributed by atoms with E-state index >= 15 is 0 Å². The highest BCUT2D eigenvalue weighted by molar-refractivity contribution is 5.64. The molecule has 0 aliphatic heterocycles. The van der Waals surface area contributed by atoms with Crippen LogP contribution in [0.2, 0.25) is 0 Å². The van der Waals surface area contributed by atoms with E-state index < -0.39 is 17.9 Å². The molecule has 2 aromatic rings. The van der Waals surface area contributed by atoms with E-state index in [2.05, 4.69) is 55.5 Å². The van der Waals surface area contributed by atoms with Crippen molar-refractivity contribution in [2.45, 2.75) is 102 Å². The minimum absolute atomic E-state index is 0.169. The number of rotatable bonds is 8. The third-order valence-corrected chi connectivity index (χ3v) is 8.58. The number of allylic oxidation sites excluding steroid dienone is 2. The quantitative estimate of drug-likeness (QED) is 0.250. The van der Waals surface area contributed by atoms with Gasteiger partial charge < -0.3 is 0 Å². The van der Waals surface area contributed by atoms with E-state index in [1.165, 1.54) is 73.6 Å². The second kappa shape index (κ2) is 12.4. The Morgan fingerprint density at radius 2 is 1.19 bits per heavy atom. The fraction of sp³-hybridized carbons (Fsp3) is 0.562. The summed E-state index contributed by atoms with van der Waals surface area (Å²) in [6.07, 6.45) is 8.44. The standard InChI is InChI=1S/C32H40F4/c1-2-3-4-5-23-6-8-24(9-7-23)25-10-12-26(13-11-25)27-14-16-28(17-15-27)29-18-20-30(21-19-29)31(33)22-32(34,35)36/h10-17,22-24,29-30H,2-9,18-21H2,1H3. The lowest BCUT2D eigenvalue weighted by molar-refractivity contribution is -0.0820. The second-order valence-corrected chi connectivity index (χ2v) is 11.1. The molecule has 2 fully saturated rings. The number of halogens is 4. The summed E-state index contributed by atoms with van der Waals surface area (Å²) < 4.78 is 51.2. The lowest BCUT2D eigenvalue weighted by atomic mass is 9.77. The van der Waals surface area contributed by atoms with Gasteiger partial charge in [-0.2, -0.15) is 13.2 Å². The molecule has 0 amide bonds. The van der Waals surface area contributed by atoms with Gasteiger partial charge in [-0.05, 0) is 91.4 Å². The van der Waals surface area contributed by atoms with Crippen LogP contribution in [0.5, 0.6) is 0 Å². The summed E-state index contributed by atoms with van der Waals surface area (Å²) >= 11 is 0. The van der Waals surface area contributed by atoms with Crippen LogP contribution >= 0.6 is 0 Å². The summed E-state index contributed by atoms with van der Waals surface area (Å²) in [5.74, 6) is 0.288. The fourth-order valence-electron chi connectivity index (χ4n) is 6.34. The van der Waals surface area contributed by atoms with Crippen LogP contribution in [0.3, 0.4) is 0 Å². The Kier molecular flexibility index (Phi) is 9.30. The largest absolute Gasteiger partial charge is 0.412 e. The van der Waals surface area contributed by atoms with Crippen molar-refractivity contribution in [3.05, 3.63) is 71.6 Å². The van der Waals surface area contributed by atoms with Gasteiger partial charge in [-0.15, -0.1) is 0 Å². The molecule has 196 valence electrons. The van der Waals surface area contributed by atoms with Gasteiger partial charge in [0.25, 0.3) is 0 Å². The molecule has 0 radical (unpaired) electrons. The molecule has 0 N–H and O–H groups in total. The van der Waals surface area contributed by atoms with Crippen molar-refractivity contribution >= 4 is 0 Å². The van der Waals surface area contributed by atoms with Crippen LogP contribution in [0.15, 0.2) is 60.4 Å². The monoisotopic (exact) mass is 500 g/mol. The summed E-state index contributed by atoms with van der Waals surface area (Å²) in [5.41, 5.74) is 5.05. The van der Waals surface area contributed by atoms with Crippen molar-refractivity contribution in [2.75, 3.05) is 0 Å². The molecule has 0 aromatic heterocycles. The Hall–Kier alpha value is -2.10. The molecule has 36 heavy (non-hydrogen) atoms. The zero-order valence-corrected chi connectivity index (χ0v) is 21.5. The number of benzene rings is 2. The first-order valence-electron chi connectivity index (χ1n) is 14.0. The topological polar surface area (TPSA) is 0 Å². The van der Waals surface area contributed by atoms with Gasteiger partial charge in [-0.3, -0.25) is 0 Å². The highest BCUT2D eigenvalue weighted by Crippen LogP contribution is 2.41. The van der Waals surface area contributed by atoms with Crippen LogP contribution in [0, 0.1) is 11.8 Å². The third kappa shape index (κ3) is 7.46. The van der Waals surface area contributed by atoms with E-state index in [-0.39, 0.29) is 12.0 Å². The zero-order valence-electron chi connectivity index (χ0n) is 21.5. The molecule has 0 bridgehead atoms. The maximum atomic E-state index is 13.9. The molecule has 0 heterocycles. The summed E-state index contributed by atoms with van der Waals surface area (Å²) in [5, 5.41) is 0. The SMILES string of the molecule is CCCCCC1CCC(c2ccc(-c3ccc(C4CCC(C(F)=CC(F)(F)F)CC4)cc3)cc2)CC1. The Bertz CT molecular complexity index is 955. The summed E-state index contributed by atoms with van der Waals surface area (Å²) in [7, 11) is 0. The van der Waals surface area contributed by atoms with Crippen LogP contribution in [-0.2, 0) is 0 Å². The highest BCUT2D eigenvalue weighted by Gasteiger charge is 2.30. The van der Waals surface area contributed by atoms with E-state index in [1.54, 1.807) is 0 Å². The van der Waals surface area contributed by atoms with Gasteiger partial charge in [-0.25, -0.2) is 4.39 Å². The van der Waals surface area contributed by atoms with Crippen LogP contribution in [0.4, 0.5) is 17.6 Å². The first-order chi connectivity index (χ1) is 17.3. The number of hydrogen-bond acceptors (Lipinski definition) is 0. The van der Waals surface area contributed by atoms with Gasteiger partial charge in [0, 0.05) is 5.92 Å². The smallest absolute Gasteiger partial charge is 0.212 e. The molecule has 4 heteroatoms. The van der Waals surface area contributed by atoms with Gasteiger partial charge in [-0.1, -0.05) is 81.1 Å². The van der Waals surface area contributed by atoms with Gasteiger partial charge in [0.1, 0.15) is 5.83 Å². The number of unbranched alkanes of at least 4 members (excludes halogenated alkanes) is 2. The average molecular weight is 501 g/mol. The molecular weight excluding hydrogens is 460 g/mol. The maximum absolute atomic E-state index is 13.9. The molecule has 2 saturated carbocycles. The number of alkyl halides is 3. The van der Waals surface area contributed by atoms with Crippen molar-refractivity contribution in [2.24, 2.45) is 11.8 Å². The van der Waals surface area contributed by atoms with E-state index in [1.807, 2.05) is 0 Å². The van der Waals surface area contributed by atoms with Gasteiger partial charge in [0.15, 0.2) is 0 Å². The molecule has 0 unspecified atom stereocenters. The van der Waals surface area contributed by atoms with E-state index in [0.717, 1.165) is 18.8 Å². The van der Waals surface area contributed by atoms with Crippen molar-refractivity contribution in [1.82, 2.24) is 0 Å². The van der Waals surface area contributed by atoms with Crippen LogP contribution in [0.25, 0.3) is 11.1 Å². The highest BCUT2D eigenvalue weighted by atomic mass is 19.4. The summed E-state index contributed by atoms with van der Waals surface area (Å²) in [4.78, 5) is 0. The van der Waals surface area contributed by atoms with Crippen LogP contribution in [-0.4, -0.2) is 6.18 Å². The fourth-order valence-corrected chi connectivity index (χ4v) is 6.34. The predicted molar refractivity (Wildman–Crippen MR) is 141 cm³/mol. The molecule has 2 aliphatic carbocycles. The Morgan fingerprint density at radius 3 is 1.64 bits per heavy atom. The molecule has 2 aromatic carbocycles. The Labute approximate surface area is 214 Å². The van der Waals surface area contributed by atoms with E-state index in [4.69, 9.17) is 0 Å². The minimum atomic E-state index is -4.58. The average Bonchev–Trinajstić information content (AvgIpc) is 2.89. The zero-order chi connectivity index (χ0) is 25.5. The summed E-state index contributed by atoms with van der Waals surface area (Å²) in [6.45, 7) is 2.27. The molecule has 0 nitrogen and oxygen atoms in total. The molecule has 4 rings (SSSR count). The second-order valence-electron chi connectivity index (χ2n) is 11.1. The number of hydrogen-bond donors (Lipinski definition) is 0. The molecule has 0 atom stereocenters. The van der Waals surface area contributed by atoms with Gasteiger partial charge >= 0.3 is 6.18 Å². The van der Waals surface area contributed by atoms with E-state index in [9.17, 15) is 17.6 Å². The van der Waals surface area contributed by atoms with Crippen LogP contribution < -0.4 is 0 Å². The molecular formula is C32H40F4. The normalized spacial score (nSPS) is 25.6. The lowest BCUT2D eigenvalue weighted by Gasteiger charge is -2.29. The maximum Gasteiger partial charge on any atom is 0.412 e. The Balaban J connectivity index is 1.28. The molecule has 0 spiro atoms. The first-order valence-corrected chi connectivity index (χ1v) is 14.0. The van der Waals surface area contributed by atoms with Crippen molar-refractivity contribution in [3.8, 4) is 11.1 Å². The lowest BCUT2D eigenvalue weighted by Crippen LogP contribution is -2.15. The van der Waals surface area contributed by atoms with Crippen molar-refractivity contribution in [3.63, 3.8) is 0 Å². The van der Waals surface area contributed by atoms with Crippen molar-refractivity contribution in [1.29, 1.82) is 0 Å². The van der Waals surface area contributed by atoms with E-state index in [0.29, 0.717) is 18.8 Å². The van der Waals surface area contributed by atoms with Gasteiger partial charge in [0.05, 0.1) is 6.08 Å².